The van der Waals surface area contributed by atoms with Gasteiger partial charge in [0, 0.05) is 12.6 Å². The first-order valence-electron chi connectivity index (χ1n) is 6.14. The first kappa shape index (κ1) is 12.9. The summed E-state index contributed by atoms with van der Waals surface area (Å²) in [6.07, 6.45) is 3.17. The molecule has 1 aromatic carbocycles. The number of hydrogen-bond donors (Lipinski definition) is 2. The van der Waals surface area contributed by atoms with Gasteiger partial charge in [-0.2, -0.15) is 0 Å². The summed E-state index contributed by atoms with van der Waals surface area (Å²) in [6.45, 7) is 4.94. The molecule has 0 radical (unpaired) electrons. The van der Waals surface area contributed by atoms with Gasteiger partial charge in [-0.1, -0.05) is 32.1 Å². The third-order valence-electron chi connectivity index (χ3n) is 2.64. The minimum Gasteiger partial charge on any atom is -0.454 e. The second-order valence-corrected chi connectivity index (χ2v) is 4.60. The fourth-order valence-corrected chi connectivity index (χ4v) is 1.66. The van der Waals surface area contributed by atoms with E-state index in [2.05, 4.69) is 5.32 Å². The topological polar surface area (TPSA) is 50.7 Å². The van der Waals surface area contributed by atoms with E-state index in [1.807, 2.05) is 38.1 Å². The van der Waals surface area contributed by atoms with Gasteiger partial charge in [-0.25, -0.2) is 0 Å². The van der Waals surface area contributed by atoms with E-state index < -0.39 is 6.10 Å². The largest absolute Gasteiger partial charge is 0.454 e. The maximum atomic E-state index is 9.75. The van der Waals surface area contributed by atoms with Crippen molar-refractivity contribution in [2.75, 3.05) is 13.3 Å². The van der Waals surface area contributed by atoms with Crippen molar-refractivity contribution < 1.29 is 14.6 Å². The van der Waals surface area contributed by atoms with Gasteiger partial charge in [0.25, 0.3) is 0 Å². The van der Waals surface area contributed by atoms with E-state index in [0.29, 0.717) is 12.6 Å². The molecule has 4 nitrogen and oxygen atoms in total. The molecule has 1 aliphatic rings. The van der Waals surface area contributed by atoms with Crippen LogP contribution in [0.3, 0.4) is 0 Å². The molecule has 18 heavy (non-hydrogen) atoms. The number of fused-ring (bicyclic) bond motifs is 1. The molecular weight excluding hydrogens is 230 g/mol. The van der Waals surface area contributed by atoms with Crippen molar-refractivity contribution in [3.8, 4) is 11.5 Å². The van der Waals surface area contributed by atoms with Crippen LogP contribution < -0.4 is 14.8 Å². The maximum Gasteiger partial charge on any atom is 0.231 e. The predicted octanol–water partition coefficient (Wildman–Crippen LogP) is 1.79. The van der Waals surface area contributed by atoms with Crippen LogP contribution >= 0.6 is 0 Å². The number of ether oxygens (including phenoxy) is 2. The lowest BCUT2D eigenvalue weighted by molar-refractivity contribution is 0.174. The SMILES string of the molecule is CC(C)NCC(O)/C=C/c1ccc2c(c1)OCO2. The number of aliphatic hydroxyl groups is 1. The molecule has 4 heteroatoms. The van der Waals surface area contributed by atoms with Crippen LogP contribution in [0.5, 0.6) is 11.5 Å². The summed E-state index contributed by atoms with van der Waals surface area (Å²) in [6, 6.07) is 6.09. The first-order valence-corrected chi connectivity index (χ1v) is 6.14. The molecule has 2 rings (SSSR count). The van der Waals surface area contributed by atoms with Crippen molar-refractivity contribution in [2.45, 2.75) is 26.0 Å². The van der Waals surface area contributed by atoms with E-state index in [1.165, 1.54) is 0 Å². The molecule has 98 valence electrons. The molecule has 1 unspecified atom stereocenters. The summed E-state index contributed by atoms with van der Waals surface area (Å²) in [4.78, 5) is 0. The Labute approximate surface area is 107 Å². The molecule has 1 heterocycles. The van der Waals surface area contributed by atoms with Crippen LogP contribution in [0.2, 0.25) is 0 Å². The highest BCUT2D eigenvalue weighted by atomic mass is 16.7. The Kier molecular flexibility index (Phi) is 4.23. The summed E-state index contributed by atoms with van der Waals surface area (Å²) < 4.78 is 10.5. The number of benzene rings is 1. The molecule has 0 saturated heterocycles. The average molecular weight is 249 g/mol. The van der Waals surface area contributed by atoms with E-state index >= 15 is 0 Å². The van der Waals surface area contributed by atoms with Crippen LogP contribution in [-0.4, -0.2) is 30.6 Å². The van der Waals surface area contributed by atoms with Crippen LogP contribution in [0.15, 0.2) is 24.3 Å². The lowest BCUT2D eigenvalue weighted by Gasteiger charge is -2.10. The van der Waals surface area contributed by atoms with Crippen LogP contribution in [-0.2, 0) is 0 Å². The van der Waals surface area contributed by atoms with Crippen molar-refractivity contribution in [3.05, 3.63) is 29.8 Å². The summed E-state index contributed by atoms with van der Waals surface area (Å²) in [5.74, 6) is 1.53. The molecule has 0 bridgehead atoms. The number of nitrogens with one attached hydrogen (secondary N) is 1. The number of hydrogen-bond acceptors (Lipinski definition) is 4. The zero-order chi connectivity index (χ0) is 13.0. The predicted molar refractivity (Wildman–Crippen MR) is 70.7 cm³/mol. The van der Waals surface area contributed by atoms with E-state index in [4.69, 9.17) is 9.47 Å². The Bertz CT molecular complexity index is 429. The molecule has 0 amide bonds. The Balaban J connectivity index is 1.92. The third kappa shape index (κ3) is 3.48. The van der Waals surface area contributed by atoms with Gasteiger partial charge in [0.05, 0.1) is 6.10 Å². The Hall–Kier alpha value is -1.52. The van der Waals surface area contributed by atoms with Gasteiger partial charge in [0.15, 0.2) is 11.5 Å². The molecule has 0 spiro atoms. The van der Waals surface area contributed by atoms with Gasteiger partial charge in [0.1, 0.15) is 0 Å². The van der Waals surface area contributed by atoms with Gasteiger partial charge < -0.3 is 19.9 Å². The molecule has 1 aliphatic heterocycles. The molecule has 0 saturated carbocycles. The molecule has 0 aliphatic carbocycles. The number of aliphatic hydroxyl groups excluding tert-OH is 1. The summed E-state index contributed by atoms with van der Waals surface area (Å²) in [7, 11) is 0. The van der Waals surface area contributed by atoms with E-state index in [1.54, 1.807) is 6.08 Å². The van der Waals surface area contributed by atoms with Crippen molar-refractivity contribution in [1.82, 2.24) is 5.32 Å². The monoisotopic (exact) mass is 249 g/mol. The molecule has 1 aromatic rings. The quantitative estimate of drug-likeness (QED) is 0.835. The Morgan fingerprint density at radius 1 is 1.33 bits per heavy atom. The second kappa shape index (κ2) is 5.89. The van der Waals surface area contributed by atoms with Gasteiger partial charge in [-0.15, -0.1) is 0 Å². The third-order valence-corrected chi connectivity index (χ3v) is 2.64. The molecule has 0 aromatic heterocycles. The van der Waals surface area contributed by atoms with Gasteiger partial charge in [0.2, 0.25) is 6.79 Å². The summed E-state index contributed by atoms with van der Waals surface area (Å²) in [5.41, 5.74) is 0.989. The molecule has 2 N–H and O–H groups in total. The van der Waals surface area contributed by atoms with Crippen molar-refractivity contribution in [1.29, 1.82) is 0 Å². The van der Waals surface area contributed by atoms with E-state index in [9.17, 15) is 5.11 Å². The first-order chi connectivity index (χ1) is 8.65. The molecule has 0 fully saturated rings. The standard InChI is InChI=1S/C14H19NO3/c1-10(2)15-8-12(16)5-3-11-4-6-13-14(7-11)18-9-17-13/h3-7,10,12,15-16H,8-9H2,1-2H3/b5-3+. The molecule has 1 atom stereocenters. The highest BCUT2D eigenvalue weighted by Crippen LogP contribution is 2.32. The van der Waals surface area contributed by atoms with Crippen molar-refractivity contribution in [2.24, 2.45) is 0 Å². The minimum atomic E-state index is -0.488. The van der Waals surface area contributed by atoms with Crippen molar-refractivity contribution >= 4 is 6.08 Å². The average Bonchev–Trinajstić information content (AvgIpc) is 2.81. The normalized spacial score (nSPS) is 15.6. The maximum absolute atomic E-state index is 9.75. The zero-order valence-corrected chi connectivity index (χ0v) is 10.7. The van der Waals surface area contributed by atoms with Gasteiger partial charge in [-0.05, 0) is 17.7 Å². The van der Waals surface area contributed by atoms with Gasteiger partial charge in [-0.3, -0.25) is 0 Å². The lowest BCUT2D eigenvalue weighted by atomic mass is 10.1. The fraction of sp³-hybridized carbons (Fsp3) is 0.429. The van der Waals surface area contributed by atoms with Crippen LogP contribution in [0, 0.1) is 0 Å². The highest BCUT2D eigenvalue weighted by Gasteiger charge is 2.12. The summed E-state index contributed by atoms with van der Waals surface area (Å²) in [5, 5.41) is 12.9. The van der Waals surface area contributed by atoms with Crippen LogP contribution in [0.25, 0.3) is 6.08 Å². The minimum absolute atomic E-state index is 0.281. The Morgan fingerprint density at radius 3 is 2.89 bits per heavy atom. The number of rotatable bonds is 5. The second-order valence-electron chi connectivity index (χ2n) is 4.60. The summed E-state index contributed by atoms with van der Waals surface area (Å²) >= 11 is 0. The van der Waals surface area contributed by atoms with Crippen molar-refractivity contribution in [3.63, 3.8) is 0 Å². The van der Waals surface area contributed by atoms with Crippen LogP contribution in [0.4, 0.5) is 0 Å². The van der Waals surface area contributed by atoms with Crippen LogP contribution in [0.1, 0.15) is 19.4 Å². The highest BCUT2D eigenvalue weighted by molar-refractivity contribution is 5.56. The lowest BCUT2D eigenvalue weighted by Crippen LogP contribution is -2.30. The molecular formula is C14H19NO3. The zero-order valence-electron chi connectivity index (χ0n) is 10.7. The van der Waals surface area contributed by atoms with E-state index in [0.717, 1.165) is 17.1 Å². The smallest absolute Gasteiger partial charge is 0.231 e. The fourth-order valence-electron chi connectivity index (χ4n) is 1.66. The van der Waals surface area contributed by atoms with Gasteiger partial charge >= 0.3 is 0 Å². The Morgan fingerprint density at radius 2 is 2.11 bits per heavy atom. The van der Waals surface area contributed by atoms with E-state index in [-0.39, 0.29) is 6.79 Å².